The molecule has 0 atom stereocenters. The molecular formula is C14H13Cl2N3O5. The highest BCUT2D eigenvalue weighted by atomic mass is 35.5. The minimum absolute atomic E-state index is 0.203. The number of aryl methyl sites for hydroxylation is 1. The van der Waals surface area contributed by atoms with Crippen molar-refractivity contribution < 1.29 is 24.0 Å². The topological polar surface area (TPSA) is 122 Å². The molecule has 2 amide bonds. The number of halogens is 2. The number of anilines is 1. The first kappa shape index (κ1) is 19.5. The van der Waals surface area contributed by atoms with E-state index in [0.29, 0.717) is 10.8 Å². The highest BCUT2D eigenvalue weighted by molar-refractivity contribution is 6.35. The number of benzene rings is 1. The zero-order valence-corrected chi connectivity index (χ0v) is 13.9. The Bertz CT molecular complexity index is 733. The molecule has 0 saturated heterocycles. The second-order valence-electron chi connectivity index (χ2n) is 4.28. The quantitative estimate of drug-likeness (QED) is 0.707. The van der Waals surface area contributed by atoms with Gasteiger partial charge in [-0.1, -0.05) is 28.4 Å². The average Bonchev–Trinajstić information content (AvgIpc) is 2.93. The van der Waals surface area contributed by atoms with E-state index >= 15 is 0 Å². The molecule has 3 N–H and O–H groups in total. The molecule has 10 heteroatoms. The highest BCUT2D eigenvalue weighted by Crippen LogP contribution is 2.20. The van der Waals surface area contributed by atoms with Gasteiger partial charge < -0.3 is 20.3 Å². The van der Waals surface area contributed by atoms with Gasteiger partial charge >= 0.3 is 0 Å². The molecule has 0 aliphatic rings. The van der Waals surface area contributed by atoms with Gasteiger partial charge in [0, 0.05) is 11.1 Å². The van der Waals surface area contributed by atoms with Gasteiger partial charge in [-0.15, -0.1) is 0 Å². The van der Waals surface area contributed by atoms with Crippen LogP contribution >= 0.6 is 23.2 Å². The summed E-state index contributed by atoms with van der Waals surface area (Å²) in [4.78, 5) is 31.9. The second kappa shape index (κ2) is 9.53. The summed E-state index contributed by atoms with van der Waals surface area (Å²) in [6.07, 6.45) is 0. The van der Waals surface area contributed by atoms with Gasteiger partial charge in [0.15, 0.2) is 5.82 Å². The lowest BCUT2D eigenvalue weighted by Crippen LogP contribution is -2.33. The number of amides is 2. The maximum Gasteiger partial charge on any atom is 0.290 e. The molecule has 0 radical (unpaired) electrons. The Hall–Kier alpha value is -2.58. The summed E-state index contributed by atoms with van der Waals surface area (Å²) in [6, 6.07) is 6.07. The number of carbonyl (C=O) groups excluding carboxylic acids is 2. The van der Waals surface area contributed by atoms with E-state index in [2.05, 4.69) is 15.8 Å². The van der Waals surface area contributed by atoms with Crippen LogP contribution in [-0.2, 0) is 9.59 Å². The smallest absolute Gasteiger partial charge is 0.290 e. The van der Waals surface area contributed by atoms with Gasteiger partial charge in [-0.2, -0.15) is 0 Å². The number of hydrogen-bond acceptors (Lipinski definition) is 5. The maximum absolute atomic E-state index is 11.9. The number of carboxylic acid groups (broad SMARTS) is 1. The van der Waals surface area contributed by atoms with Crippen LogP contribution in [0.15, 0.2) is 28.8 Å². The largest absolute Gasteiger partial charge is 0.483 e. The third-order valence-electron chi connectivity index (χ3n) is 2.48. The summed E-state index contributed by atoms with van der Waals surface area (Å²) < 4.78 is 4.81. The Morgan fingerprint density at radius 1 is 1.33 bits per heavy atom. The van der Waals surface area contributed by atoms with Crippen LogP contribution in [-0.4, -0.2) is 35.1 Å². The van der Waals surface area contributed by atoms with E-state index in [4.69, 9.17) is 37.6 Å². The van der Waals surface area contributed by atoms with Gasteiger partial charge in [-0.25, -0.2) is 0 Å². The summed E-state index contributed by atoms with van der Waals surface area (Å²) >= 11 is 11.7. The molecule has 2 aromatic rings. The summed E-state index contributed by atoms with van der Waals surface area (Å²) in [7, 11) is 0. The van der Waals surface area contributed by atoms with Crippen molar-refractivity contribution in [2.75, 3.05) is 11.9 Å². The molecule has 2 rings (SSSR count). The van der Waals surface area contributed by atoms with Crippen molar-refractivity contribution >= 4 is 47.3 Å². The SMILES string of the molecule is Cc1cc(NC(=O)CNC(=O)c2cc(Cl)ccc2Cl)no1.O=CO. The van der Waals surface area contributed by atoms with Crippen molar-refractivity contribution in [3.8, 4) is 0 Å². The normalized spacial score (nSPS) is 9.46. The van der Waals surface area contributed by atoms with Crippen molar-refractivity contribution in [3.63, 3.8) is 0 Å². The van der Waals surface area contributed by atoms with Crippen LogP contribution in [0.1, 0.15) is 16.1 Å². The van der Waals surface area contributed by atoms with Crippen molar-refractivity contribution in [3.05, 3.63) is 45.6 Å². The van der Waals surface area contributed by atoms with E-state index in [1.165, 1.54) is 12.1 Å². The molecule has 0 bridgehead atoms. The molecule has 0 saturated carbocycles. The van der Waals surface area contributed by atoms with Crippen molar-refractivity contribution in [2.45, 2.75) is 6.92 Å². The fourth-order valence-corrected chi connectivity index (χ4v) is 1.92. The van der Waals surface area contributed by atoms with Gasteiger partial charge in [0.25, 0.3) is 12.4 Å². The van der Waals surface area contributed by atoms with Crippen molar-refractivity contribution in [1.82, 2.24) is 10.5 Å². The minimum atomic E-state index is -0.492. The predicted octanol–water partition coefficient (Wildman–Crippen LogP) is 2.36. The fraction of sp³-hybridized carbons (Fsp3) is 0.143. The Morgan fingerprint density at radius 2 is 2.00 bits per heavy atom. The molecule has 128 valence electrons. The van der Waals surface area contributed by atoms with E-state index in [1.54, 1.807) is 19.1 Å². The Kier molecular flexibility index (Phi) is 7.73. The van der Waals surface area contributed by atoms with E-state index in [9.17, 15) is 9.59 Å². The van der Waals surface area contributed by atoms with Crippen LogP contribution in [0, 0.1) is 6.92 Å². The van der Waals surface area contributed by atoms with Crippen LogP contribution in [0.4, 0.5) is 5.82 Å². The summed E-state index contributed by atoms with van der Waals surface area (Å²) in [5.41, 5.74) is 0.203. The monoisotopic (exact) mass is 373 g/mol. The van der Waals surface area contributed by atoms with Crippen LogP contribution in [0.3, 0.4) is 0 Å². The lowest BCUT2D eigenvalue weighted by molar-refractivity contribution is -0.123. The number of nitrogens with zero attached hydrogens (tertiary/aromatic N) is 1. The van der Waals surface area contributed by atoms with E-state index in [-0.39, 0.29) is 29.4 Å². The minimum Gasteiger partial charge on any atom is -0.483 e. The van der Waals surface area contributed by atoms with Crippen LogP contribution < -0.4 is 10.6 Å². The van der Waals surface area contributed by atoms with Gasteiger partial charge in [0.2, 0.25) is 5.91 Å². The van der Waals surface area contributed by atoms with E-state index in [0.717, 1.165) is 0 Å². The predicted molar refractivity (Wildman–Crippen MR) is 87.4 cm³/mol. The Labute approximate surface area is 146 Å². The molecule has 0 aliphatic carbocycles. The van der Waals surface area contributed by atoms with Gasteiger partial charge in [-0.3, -0.25) is 14.4 Å². The summed E-state index contributed by atoms with van der Waals surface area (Å²) in [5, 5.41) is 16.1. The van der Waals surface area contributed by atoms with Crippen LogP contribution in [0.25, 0.3) is 0 Å². The van der Waals surface area contributed by atoms with E-state index in [1.807, 2.05) is 0 Å². The lowest BCUT2D eigenvalue weighted by atomic mass is 10.2. The number of carbonyl (C=O) groups is 3. The second-order valence-corrected chi connectivity index (χ2v) is 5.13. The zero-order valence-electron chi connectivity index (χ0n) is 12.4. The fourth-order valence-electron chi connectivity index (χ4n) is 1.54. The molecule has 0 fully saturated rings. The molecule has 8 nitrogen and oxygen atoms in total. The average molecular weight is 374 g/mol. The maximum atomic E-state index is 11.9. The van der Waals surface area contributed by atoms with Crippen molar-refractivity contribution in [1.29, 1.82) is 0 Å². The number of rotatable bonds is 4. The standard InChI is InChI=1S/C13H11Cl2N3O3.CH2O2/c1-7-4-11(18-21-7)17-12(19)6-16-13(20)9-5-8(14)2-3-10(9)15;2-1-3/h2-5H,6H2,1H3,(H,16,20)(H,17,18,19);1H,(H,2,3). The van der Waals surface area contributed by atoms with Crippen LogP contribution in [0.5, 0.6) is 0 Å². The highest BCUT2D eigenvalue weighted by Gasteiger charge is 2.13. The Morgan fingerprint density at radius 3 is 2.58 bits per heavy atom. The van der Waals surface area contributed by atoms with Gasteiger partial charge in [0.1, 0.15) is 5.76 Å². The lowest BCUT2D eigenvalue weighted by Gasteiger charge is -2.06. The molecular weight excluding hydrogens is 361 g/mol. The molecule has 1 aromatic heterocycles. The summed E-state index contributed by atoms with van der Waals surface area (Å²) in [6.45, 7) is 1.22. The first-order valence-corrected chi connectivity index (χ1v) is 7.17. The van der Waals surface area contributed by atoms with Gasteiger partial charge in [0.05, 0.1) is 17.1 Å². The summed E-state index contributed by atoms with van der Waals surface area (Å²) in [5.74, 6) is -0.0728. The first-order valence-electron chi connectivity index (χ1n) is 6.41. The molecule has 0 aliphatic heterocycles. The molecule has 1 aromatic carbocycles. The number of aromatic nitrogens is 1. The van der Waals surface area contributed by atoms with E-state index < -0.39 is 11.8 Å². The third kappa shape index (κ3) is 6.27. The number of nitrogens with one attached hydrogen (secondary N) is 2. The van der Waals surface area contributed by atoms with Gasteiger partial charge in [-0.05, 0) is 25.1 Å². The van der Waals surface area contributed by atoms with Crippen molar-refractivity contribution in [2.24, 2.45) is 0 Å². The zero-order chi connectivity index (χ0) is 18.1. The Balaban J connectivity index is 0.000000891. The molecule has 24 heavy (non-hydrogen) atoms. The number of hydrogen-bond donors (Lipinski definition) is 3. The molecule has 1 heterocycles. The first-order chi connectivity index (χ1) is 11.4. The van der Waals surface area contributed by atoms with Crippen LogP contribution in [0.2, 0.25) is 10.0 Å². The molecule has 0 unspecified atom stereocenters. The third-order valence-corrected chi connectivity index (χ3v) is 3.04. The molecule has 0 spiro atoms.